The number of hydrogen-bond donors (Lipinski definition) is 2. The van der Waals surface area contributed by atoms with Crippen LogP contribution in [0.5, 0.6) is 0 Å². The van der Waals surface area contributed by atoms with E-state index in [-0.39, 0.29) is 5.91 Å². The van der Waals surface area contributed by atoms with Crippen LogP contribution in [0.15, 0.2) is 24.3 Å². The van der Waals surface area contributed by atoms with Crippen molar-refractivity contribution in [3.8, 4) is 0 Å². The lowest BCUT2D eigenvalue weighted by atomic mass is 9.84. The molecular formula is C19H27ClN2O. The van der Waals surface area contributed by atoms with Crippen molar-refractivity contribution in [2.45, 2.75) is 70.0 Å². The third-order valence-electron chi connectivity index (χ3n) is 5.19. The van der Waals surface area contributed by atoms with Crippen LogP contribution in [0.25, 0.3) is 0 Å². The van der Waals surface area contributed by atoms with E-state index in [4.69, 9.17) is 11.6 Å². The molecule has 0 unspecified atom stereocenters. The standard InChI is InChI=1S/C19H27ClN2O/c20-16-8-4-7-15(9-16)13-21-17-11-18(12-17)22-19(23)10-14-5-2-1-3-6-14/h4,7-9,14,17-18,21H,1-3,5-6,10-13H2,(H,22,23)/t17-,18-. The van der Waals surface area contributed by atoms with E-state index in [1.165, 1.54) is 37.7 Å². The minimum absolute atomic E-state index is 0.259. The fourth-order valence-corrected chi connectivity index (χ4v) is 3.96. The van der Waals surface area contributed by atoms with E-state index < -0.39 is 0 Å². The highest BCUT2D eigenvalue weighted by Crippen LogP contribution is 2.27. The highest BCUT2D eigenvalue weighted by molar-refractivity contribution is 6.30. The summed E-state index contributed by atoms with van der Waals surface area (Å²) in [5.74, 6) is 0.885. The molecule has 2 N–H and O–H groups in total. The van der Waals surface area contributed by atoms with Crippen molar-refractivity contribution in [2.24, 2.45) is 5.92 Å². The lowest BCUT2D eigenvalue weighted by Gasteiger charge is -2.37. The van der Waals surface area contributed by atoms with E-state index in [9.17, 15) is 4.79 Å². The van der Waals surface area contributed by atoms with Gasteiger partial charge in [0.25, 0.3) is 0 Å². The second-order valence-electron chi connectivity index (χ2n) is 7.15. The molecule has 2 saturated carbocycles. The van der Waals surface area contributed by atoms with Gasteiger partial charge in [-0.2, -0.15) is 0 Å². The summed E-state index contributed by atoms with van der Waals surface area (Å²) in [6.45, 7) is 0.841. The summed E-state index contributed by atoms with van der Waals surface area (Å²) in [6.07, 6.45) is 9.24. The molecule has 4 heteroatoms. The summed E-state index contributed by atoms with van der Waals surface area (Å²) in [7, 11) is 0. The average Bonchev–Trinajstić information content (AvgIpc) is 2.50. The molecule has 1 aromatic carbocycles. The van der Waals surface area contributed by atoms with Gasteiger partial charge in [-0.25, -0.2) is 0 Å². The van der Waals surface area contributed by atoms with E-state index in [0.29, 0.717) is 18.0 Å². The van der Waals surface area contributed by atoms with Crippen LogP contribution in [0.3, 0.4) is 0 Å². The third kappa shape index (κ3) is 5.22. The summed E-state index contributed by atoms with van der Waals surface area (Å²) >= 11 is 5.99. The lowest BCUT2D eigenvalue weighted by Crippen LogP contribution is -2.52. The number of nitrogens with one attached hydrogen (secondary N) is 2. The second kappa shape index (κ2) is 8.16. The van der Waals surface area contributed by atoms with E-state index in [1.807, 2.05) is 18.2 Å². The van der Waals surface area contributed by atoms with Crippen molar-refractivity contribution in [3.05, 3.63) is 34.9 Å². The zero-order valence-electron chi connectivity index (χ0n) is 13.7. The van der Waals surface area contributed by atoms with Gasteiger partial charge in [0.05, 0.1) is 0 Å². The number of benzene rings is 1. The smallest absolute Gasteiger partial charge is 0.220 e. The maximum atomic E-state index is 12.1. The normalized spacial score (nSPS) is 24.9. The van der Waals surface area contributed by atoms with Crippen molar-refractivity contribution in [1.82, 2.24) is 10.6 Å². The Bertz CT molecular complexity index is 522. The SMILES string of the molecule is O=C(CC1CCCCC1)N[C@H]1C[C@H](NCc2cccc(Cl)c2)C1. The van der Waals surface area contributed by atoms with Crippen molar-refractivity contribution in [2.75, 3.05) is 0 Å². The molecule has 0 spiro atoms. The van der Waals surface area contributed by atoms with Crippen LogP contribution in [0, 0.1) is 5.92 Å². The first-order valence-electron chi connectivity index (χ1n) is 8.96. The molecule has 0 bridgehead atoms. The number of rotatable bonds is 6. The van der Waals surface area contributed by atoms with Gasteiger partial charge in [0, 0.05) is 30.1 Å². The van der Waals surface area contributed by atoms with E-state index in [2.05, 4.69) is 16.7 Å². The summed E-state index contributed by atoms with van der Waals surface area (Å²) < 4.78 is 0. The van der Waals surface area contributed by atoms with E-state index >= 15 is 0 Å². The molecular weight excluding hydrogens is 308 g/mol. The zero-order valence-corrected chi connectivity index (χ0v) is 14.4. The molecule has 1 amide bonds. The molecule has 0 aliphatic heterocycles. The fourth-order valence-electron chi connectivity index (χ4n) is 3.75. The molecule has 0 saturated heterocycles. The van der Waals surface area contributed by atoms with E-state index in [0.717, 1.165) is 30.8 Å². The molecule has 2 fully saturated rings. The Morgan fingerprint density at radius 3 is 2.65 bits per heavy atom. The molecule has 0 atom stereocenters. The van der Waals surface area contributed by atoms with Crippen molar-refractivity contribution < 1.29 is 4.79 Å². The Labute approximate surface area is 144 Å². The number of halogens is 1. The van der Waals surface area contributed by atoms with E-state index in [1.54, 1.807) is 0 Å². The number of carbonyl (C=O) groups excluding carboxylic acids is 1. The van der Waals surface area contributed by atoms with Crippen LogP contribution in [0.4, 0.5) is 0 Å². The monoisotopic (exact) mass is 334 g/mol. The maximum Gasteiger partial charge on any atom is 0.220 e. The summed E-state index contributed by atoms with van der Waals surface area (Å²) in [5.41, 5.74) is 1.21. The number of amides is 1. The third-order valence-corrected chi connectivity index (χ3v) is 5.42. The molecule has 0 heterocycles. The largest absolute Gasteiger partial charge is 0.353 e. The highest BCUT2D eigenvalue weighted by Gasteiger charge is 2.30. The highest BCUT2D eigenvalue weighted by atomic mass is 35.5. The predicted octanol–water partition coefficient (Wildman–Crippen LogP) is 4.05. The van der Waals surface area contributed by atoms with Gasteiger partial charge in [-0.1, -0.05) is 43.0 Å². The molecule has 2 aliphatic rings. The van der Waals surface area contributed by atoms with Crippen LogP contribution in [-0.4, -0.2) is 18.0 Å². The quantitative estimate of drug-likeness (QED) is 0.824. The maximum absolute atomic E-state index is 12.1. The topological polar surface area (TPSA) is 41.1 Å². The Kier molecular flexibility index (Phi) is 5.96. The summed E-state index contributed by atoms with van der Waals surface area (Å²) in [4.78, 5) is 12.1. The molecule has 0 radical (unpaired) electrons. The Morgan fingerprint density at radius 2 is 1.91 bits per heavy atom. The average molecular weight is 335 g/mol. The molecule has 1 aromatic rings. The molecule has 3 nitrogen and oxygen atoms in total. The number of hydrogen-bond acceptors (Lipinski definition) is 2. The summed E-state index contributed by atoms with van der Waals surface area (Å²) in [6, 6.07) is 8.83. The molecule has 23 heavy (non-hydrogen) atoms. The summed E-state index contributed by atoms with van der Waals surface area (Å²) in [5, 5.41) is 7.52. The van der Waals surface area contributed by atoms with Gasteiger partial charge in [-0.15, -0.1) is 0 Å². The first-order chi connectivity index (χ1) is 11.2. The van der Waals surface area contributed by atoms with Gasteiger partial charge in [0.2, 0.25) is 5.91 Å². The van der Waals surface area contributed by atoms with Crippen LogP contribution in [0.2, 0.25) is 5.02 Å². The molecule has 2 aliphatic carbocycles. The van der Waals surface area contributed by atoms with Crippen LogP contribution in [0.1, 0.15) is 56.9 Å². The minimum atomic E-state index is 0.259. The van der Waals surface area contributed by atoms with Gasteiger partial charge in [-0.3, -0.25) is 4.79 Å². The molecule has 3 rings (SSSR count). The first-order valence-corrected chi connectivity index (χ1v) is 9.34. The zero-order chi connectivity index (χ0) is 16.1. The van der Waals surface area contributed by atoms with Gasteiger partial charge in [-0.05, 0) is 49.3 Å². The molecule has 126 valence electrons. The fraction of sp³-hybridized carbons (Fsp3) is 0.632. The predicted molar refractivity (Wildman–Crippen MR) is 94.4 cm³/mol. The van der Waals surface area contributed by atoms with Gasteiger partial charge in [0.1, 0.15) is 0 Å². The lowest BCUT2D eigenvalue weighted by molar-refractivity contribution is -0.123. The van der Waals surface area contributed by atoms with Crippen molar-refractivity contribution in [3.63, 3.8) is 0 Å². The minimum Gasteiger partial charge on any atom is -0.353 e. The first kappa shape index (κ1) is 16.8. The Morgan fingerprint density at radius 1 is 1.13 bits per heavy atom. The second-order valence-corrected chi connectivity index (χ2v) is 7.59. The van der Waals surface area contributed by atoms with Crippen molar-refractivity contribution >= 4 is 17.5 Å². The van der Waals surface area contributed by atoms with Gasteiger partial charge in [0.15, 0.2) is 0 Å². The Hall–Kier alpha value is -1.06. The van der Waals surface area contributed by atoms with Crippen LogP contribution in [-0.2, 0) is 11.3 Å². The van der Waals surface area contributed by atoms with Crippen molar-refractivity contribution in [1.29, 1.82) is 0 Å². The van der Waals surface area contributed by atoms with Gasteiger partial charge >= 0.3 is 0 Å². The Balaban J connectivity index is 1.30. The van der Waals surface area contributed by atoms with Crippen LogP contribution >= 0.6 is 11.6 Å². The number of carbonyl (C=O) groups is 1. The van der Waals surface area contributed by atoms with Crippen LogP contribution < -0.4 is 10.6 Å². The molecule has 0 aromatic heterocycles. The van der Waals surface area contributed by atoms with Gasteiger partial charge < -0.3 is 10.6 Å².